The van der Waals surface area contributed by atoms with E-state index in [9.17, 15) is 0 Å². The number of thioether (sulfide) groups is 1. The molecule has 1 saturated heterocycles. The van der Waals surface area contributed by atoms with Crippen LogP contribution in [0, 0.1) is 0 Å². The number of nitrogens with zero attached hydrogens (tertiary/aromatic N) is 3. The molecule has 1 N–H and O–H groups in total. The van der Waals surface area contributed by atoms with Gasteiger partial charge in [-0.1, -0.05) is 36.4 Å². The Morgan fingerprint density at radius 2 is 1.88 bits per heavy atom. The summed E-state index contributed by atoms with van der Waals surface area (Å²) in [5.41, 5.74) is 4.03. The maximum atomic E-state index is 4.83. The Bertz CT molecular complexity index is 1220. The van der Waals surface area contributed by atoms with Crippen molar-refractivity contribution in [1.29, 1.82) is 0 Å². The van der Waals surface area contributed by atoms with E-state index in [1.54, 1.807) is 0 Å². The first-order chi connectivity index (χ1) is 15.8. The molecule has 0 spiro atoms. The normalized spacial score (nSPS) is 15.5. The highest BCUT2D eigenvalue weighted by molar-refractivity contribution is 7.99. The highest BCUT2D eigenvalue weighted by Gasteiger charge is 2.13. The van der Waals surface area contributed by atoms with Crippen molar-refractivity contribution < 1.29 is 0 Å². The summed E-state index contributed by atoms with van der Waals surface area (Å²) in [6.45, 7) is 3.12. The van der Waals surface area contributed by atoms with Crippen LogP contribution in [0.15, 0.2) is 70.8 Å². The van der Waals surface area contributed by atoms with Crippen LogP contribution in [-0.2, 0) is 13.0 Å². The first kappa shape index (κ1) is 21.2. The van der Waals surface area contributed by atoms with Crippen LogP contribution in [0.5, 0.6) is 0 Å². The zero-order chi connectivity index (χ0) is 21.8. The third kappa shape index (κ3) is 4.58. The minimum atomic E-state index is 0.897. The third-order valence-electron chi connectivity index (χ3n) is 6.50. The molecule has 166 valence electrons. The van der Waals surface area contributed by atoms with E-state index in [2.05, 4.69) is 82.4 Å². The van der Waals surface area contributed by atoms with Crippen LogP contribution in [0.1, 0.15) is 31.2 Å². The molecule has 0 amide bonds. The molecule has 2 aromatic carbocycles. The number of unbranched alkanes of at least 4 members (excludes halogenated alkanes) is 1. The van der Waals surface area contributed by atoms with Gasteiger partial charge in [0.05, 0.1) is 12.4 Å². The van der Waals surface area contributed by atoms with Gasteiger partial charge in [-0.15, -0.1) is 11.8 Å². The average Bonchev–Trinajstić information content (AvgIpc) is 3.52. The summed E-state index contributed by atoms with van der Waals surface area (Å²) >= 11 is 1.94. The van der Waals surface area contributed by atoms with Gasteiger partial charge in [-0.05, 0) is 43.4 Å². The van der Waals surface area contributed by atoms with Crippen molar-refractivity contribution in [1.82, 2.24) is 14.5 Å². The van der Waals surface area contributed by atoms with Crippen LogP contribution in [0.2, 0.25) is 0 Å². The maximum Gasteiger partial charge on any atom is 0.0987 e. The fourth-order valence-corrected chi connectivity index (χ4v) is 5.71. The predicted octanol–water partition coefficient (Wildman–Crippen LogP) is 6.36. The zero-order valence-corrected chi connectivity index (χ0v) is 19.7. The molecule has 5 heteroatoms. The monoisotopic (exact) mass is 444 g/mol. The van der Waals surface area contributed by atoms with Crippen LogP contribution in [-0.4, -0.2) is 46.2 Å². The van der Waals surface area contributed by atoms with Gasteiger partial charge in [-0.25, -0.2) is 0 Å². The molecule has 0 unspecified atom stereocenters. The van der Waals surface area contributed by atoms with Gasteiger partial charge in [0, 0.05) is 71.4 Å². The van der Waals surface area contributed by atoms with Gasteiger partial charge < -0.3 is 14.5 Å². The number of likely N-dealkylation sites (tertiary alicyclic amines) is 1. The summed E-state index contributed by atoms with van der Waals surface area (Å²) in [5, 5.41) is 2.74. The van der Waals surface area contributed by atoms with Crippen LogP contribution in [0.3, 0.4) is 0 Å². The maximum absolute atomic E-state index is 4.83. The molecule has 5 rings (SSSR count). The van der Waals surface area contributed by atoms with E-state index in [0.717, 1.165) is 38.2 Å². The molecule has 0 saturated carbocycles. The lowest BCUT2D eigenvalue weighted by atomic mass is 10.1. The number of hydrogen-bond acceptors (Lipinski definition) is 2. The van der Waals surface area contributed by atoms with E-state index in [1.165, 1.54) is 57.4 Å². The minimum Gasteiger partial charge on any atom is -0.363 e. The van der Waals surface area contributed by atoms with Crippen LogP contribution < -0.4 is 0 Å². The lowest BCUT2D eigenvalue weighted by Gasteiger charge is -2.10. The van der Waals surface area contributed by atoms with Crippen molar-refractivity contribution >= 4 is 39.4 Å². The number of rotatable bonds is 9. The van der Waals surface area contributed by atoms with Crippen LogP contribution in [0.4, 0.5) is 0 Å². The topological polar surface area (TPSA) is 36.3 Å². The molecule has 0 atom stereocenters. The van der Waals surface area contributed by atoms with Crippen molar-refractivity contribution in [2.75, 3.05) is 25.9 Å². The van der Waals surface area contributed by atoms with Crippen molar-refractivity contribution in [3.8, 4) is 0 Å². The van der Waals surface area contributed by atoms with Gasteiger partial charge in [0.15, 0.2) is 0 Å². The van der Waals surface area contributed by atoms with Gasteiger partial charge in [-0.2, -0.15) is 0 Å². The summed E-state index contributed by atoms with van der Waals surface area (Å²) in [7, 11) is 2.16. The second kappa shape index (κ2) is 9.86. The quantitative estimate of drug-likeness (QED) is 0.241. The van der Waals surface area contributed by atoms with E-state index in [1.807, 2.05) is 11.8 Å². The van der Waals surface area contributed by atoms with Gasteiger partial charge in [0.25, 0.3) is 0 Å². The van der Waals surface area contributed by atoms with E-state index in [0.29, 0.717) is 0 Å². The summed E-state index contributed by atoms with van der Waals surface area (Å²) < 4.78 is 2.45. The number of H-pyrrole nitrogens is 1. The minimum absolute atomic E-state index is 0.897. The number of hydrogen-bond donors (Lipinski definition) is 1. The Morgan fingerprint density at radius 1 is 1.03 bits per heavy atom. The smallest absolute Gasteiger partial charge is 0.0987 e. The van der Waals surface area contributed by atoms with Gasteiger partial charge in [0.2, 0.25) is 0 Å². The largest absolute Gasteiger partial charge is 0.363 e. The first-order valence-electron chi connectivity index (χ1n) is 11.8. The lowest BCUT2D eigenvalue weighted by molar-refractivity contribution is 0.548. The summed E-state index contributed by atoms with van der Waals surface area (Å²) in [6.07, 6.45) is 10.4. The Kier molecular flexibility index (Phi) is 6.54. The molecule has 0 radical (unpaired) electrons. The zero-order valence-electron chi connectivity index (χ0n) is 18.9. The predicted molar refractivity (Wildman–Crippen MR) is 138 cm³/mol. The van der Waals surface area contributed by atoms with Crippen molar-refractivity contribution in [2.45, 2.75) is 43.5 Å². The molecule has 0 bridgehead atoms. The number of nitrogens with one attached hydrogen (secondary N) is 1. The molecule has 32 heavy (non-hydrogen) atoms. The molecule has 1 aliphatic heterocycles. The molecule has 1 aliphatic rings. The number of aliphatic imine (C=N–C) groups is 1. The molecular weight excluding hydrogens is 412 g/mol. The molecular formula is C27H32N4S. The summed E-state index contributed by atoms with van der Waals surface area (Å²) in [5.74, 6) is 2.31. The number of aryl methyl sites for hydroxylation is 2. The molecule has 2 aromatic heterocycles. The van der Waals surface area contributed by atoms with Gasteiger partial charge in [-0.3, -0.25) is 4.99 Å². The molecule has 1 fully saturated rings. The highest BCUT2D eigenvalue weighted by Crippen LogP contribution is 2.30. The Morgan fingerprint density at radius 3 is 2.75 bits per heavy atom. The highest BCUT2D eigenvalue weighted by atomic mass is 32.2. The van der Waals surface area contributed by atoms with Gasteiger partial charge in [0.1, 0.15) is 0 Å². The van der Waals surface area contributed by atoms with Gasteiger partial charge >= 0.3 is 0 Å². The van der Waals surface area contributed by atoms with Crippen LogP contribution >= 0.6 is 11.8 Å². The Hall–Kier alpha value is -2.66. The number of para-hydroxylation sites is 2. The SMILES string of the molecule is CN1CCCC1=NCCSc1cn(CCCCc2c[nH]c3ccccc23)c2ccccc12. The molecule has 3 heterocycles. The standard InChI is InChI=1S/C27H32N4S/c1-30-16-8-14-27(30)28-15-18-32-26-20-31(25-13-5-3-11-23(25)26)17-7-6-9-21-19-29-24-12-4-2-10-22(21)24/h2-5,10-13,19-20,29H,6-9,14-18H2,1H3. The summed E-state index contributed by atoms with van der Waals surface area (Å²) in [4.78, 5) is 11.9. The molecule has 0 aliphatic carbocycles. The van der Waals surface area contributed by atoms with Crippen molar-refractivity contribution in [3.05, 3.63) is 66.5 Å². The molecule has 4 nitrogen and oxygen atoms in total. The average molecular weight is 445 g/mol. The number of aromatic amines is 1. The fraction of sp³-hybridized carbons (Fsp3) is 0.370. The van der Waals surface area contributed by atoms with Crippen molar-refractivity contribution in [2.24, 2.45) is 4.99 Å². The second-order valence-corrected chi connectivity index (χ2v) is 9.83. The van der Waals surface area contributed by atoms with Crippen molar-refractivity contribution in [3.63, 3.8) is 0 Å². The van der Waals surface area contributed by atoms with E-state index in [-0.39, 0.29) is 0 Å². The van der Waals surface area contributed by atoms with E-state index >= 15 is 0 Å². The number of fused-ring (bicyclic) bond motifs is 2. The Labute approximate surface area is 194 Å². The number of amidine groups is 1. The lowest BCUT2D eigenvalue weighted by Crippen LogP contribution is -2.19. The van der Waals surface area contributed by atoms with E-state index < -0.39 is 0 Å². The van der Waals surface area contributed by atoms with E-state index in [4.69, 9.17) is 4.99 Å². The molecule has 4 aromatic rings. The van der Waals surface area contributed by atoms with Crippen LogP contribution in [0.25, 0.3) is 21.8 Å². The third-order valence-corrected chi connectivity index (χ3v) is 7.52. The first-order valence-corrected chi connectivity index (χ1v) is 12.8. The Balaban J connectivity index is 1.19. The fourth-order valence-electron chi connectivity index (χ4n) is 4.77. The number of aromatic nitrogens is 2. The second-order valence-electron chi connectivity index (χ2n) is 8.69. The number of benzene rings is 2. The summed E-state index contributed by atoms with van der Waals surface area (Å²) in [6, 6.07) is 17.4.